The molecular weight excluding hydrogens is 361 g/mol. The number of ether oxygens (including phenoxy) is 1. The van der Waals surface area contributed by atoms with E-state index in [1.165, 1.54) is 12.5 Å². The molecule has 0 saturated carbocycles. The van der Waals surface area contributed by atoms with E-state index < -0.39 is 5.82 Å². The molecule has 1 aromatic carbocycles. The molecule has 1 aromatic heterocycles. The summed E-state index contributed by atoms with van der Waals surface area (Å²) in [5.74, 6) is 0.542. The van der Waals surface area contributed by atoms with Crippen LogP contribution in [-0.2, 0) is 0 Å². The van der Waals surface area contributed by atoms with Crippen LogP contribution in [0.4, 0.5) is 27.9 Å². The number of hydrogen-bond acceptors (Lipinski definition) is 8. The third-order valence-electron chi connectivity index (χ3n) is 4.70. The summed E-state index contributed by atoms with van der Waals surface area (Å²) in [5, 5.41) is 6.21. The number of halogens is 1. The van der Waals surface area contributed by atoms with Crippen molar-refractivity contribution in [3.8, 4) is 5.75 Å². The second-order valence-electron chi connectivity index (χ2n) is 6.77. The number of nitrogens with two attached hydrogens (primary N) is 1. The smallest absolute Gasteiger partial charge is 0.233 e. The lowest BCUT2D eigenvalue weighted by Gasteiger charge is -2.22. The average molecular weight is 389 g/mol. The van der Waals surface area contributed by atoms with Crippen molar-refractivity contribution in [1.29, 1.82) is 0 Å². The van der Waals surface area contributed by atoms with E-state index in [0.29, 0.717) is 24.3 Å². The summed E-state index contributed by atoms with van der Waals surface area (Å²) >= 11 is 0. The van der Waals surface area contributed by atoms with Crippen molar-refractivity contribution in [1.82, 2.24) is 19.9 Å². The standard InChI is InChI=1S/C19H28FN7O/c1-3-10-28-16-8-7-13(11-15(16)20)23-19-25-17(21)24-18(26-19)22-12-14-6-5-9-27(14)4-2/h7-8,11,14H,3-6,9-10,12H2,1-2H3,(H4,21,22,23,24,25,26). The molecule has 28 heavy (non-hydrogen) atoms. The normalized spacial score (nSPS) is 16.9. The molecule has 0 amide bonds. The molecule has 2 aromatic rings. The van der Waals surface area contributed by atoms with Gasteiger partial charge in [0.05, 0.1) is 6.61 Å². The SMILES string of the molecule is CCCOc1ccc(Nc2nc(N)nc(NCC3CCCN3CC)n2)cc1F. The van der Waals surface area contributed by atoms with E-state index in [2.05, 4.69) is 37.4 Å². The van der Waals surface area contributed by atoms with Crippen LogP contribution < -0.4 is 21.1 Å². The zero-order chi connectivity index (χ0) is 19.9. The molecule has 0 bridgehead atoms. The van der Waals surface area contributed by atoms with Crippen LogP contribution in [0.1, 0.15) is 33.1 Å². The van der Waals surface area contributed by atoms with Crippen LogP contribution in [0.25, 0.3) is 0 Å². The minimum absolute atomic E-state index is 0.0992. The second kappa shape index (κ2) is 9.50. The number of rotatable bonds is 9. The lowest BCUT2D eigenvalue weighted by Crippen LogP contribution is -2.35. The summed E-state index contributed by atoms with van der Waals surface area (Å²) in [5.41, 5.74) is 6.32. The molecule has 4 N–H and O–H groups in total. The summed E-state index contributed by atoms with van der Waals surface area (Å²) in [6, 6.07) is 5.09. The number of nitrogens with one attached hydrogen (secondary N) is 2. The fraction of sp³-hybridized carbons (Fsp3) is 0.526. The third kappa shape index (κ3) is 5.19. The molecule has 1 saturated heterocycles. The third-order valence-corrected chi connectivity index (χ3v) is 4.70. The molecule has 2 heterocycles. The number of hydrogen-bond donors (Lipinski definition) is 3. The fourth-order valence-electron chi connectivity index (χ4n) is 3.32. The van der Waals surface area contributed by atoms with Gasteiger partial charge in [-0.3, -0.25) is 4.90 Å². The largest absolute Gasteiger partial charge is 0.491 e. The fourth-order valence-corrected chi connectivity index (χ4v) is 3.32. The van der Waals surface area contributed by atoms with E-state index in [4.69, 9.17) is 10.5 Å². The minimum Gasteiger partial charge on any atom is -0.491 e. The first-order valence-corrected chi connectivity index (χ1v) is 9.78. The Balaban J connectivity index is 1.65. The van der Waals surface area contributed by atoms with Gasteiger partial charge in [-0.05, 0) is 44.5 Å². The van der Waals surface area contributed by atoms with Crippen molar-refractivity contribution in [3.63, 3.8) is 0 Å². The van der Waals surface area contributed by atoms with E-state index >= 15 is 0 Å². The Bertz CT molecular complexity index is 789. The molecule has 0 aliphatic carbocycles. The number of likely N-dealkylation sites (N-methyl/N-ethyl adjacent to an activating group) is 1. The number of likely N-dealkylation sites (tertiary alicyclic amines) is 1. The van der Waals surface area contributed by atoms with E-state index in [1.54, 1.807) is 12.1 Å². The van der Waals surface area contributed by atoms with Gasteiger partial charge in [-0.25, -0.2) is 4.39 Å². The maximum atomic E-state index is 14.1. The highest BCUT2D eigenvalue weighted by molar-refractivity contribution is 5.56. The van der Waals surface area contributed by atoms with E-state index in [1.807, 2.05) is 6.92 Å². The number of aromatic nitrogens is 3. The van der Waals surface area contributed by atoms with Crippen molar-refractivity contribution >= 4 is 23.5 Å². The Morgan fingerprint density at radius 2 is 2.07 bits per heavy atom. The van der Waals surface area contributed by atoms with Crippen LogP contribution in [-0.4, -0.2) is 52.1 Å². The average Bonchev–Trinajstić information content (AvgIpc) is 3.13. The van der Waals surface area contributed by atoms with Gasteiger partial charge in [-0.15, -0.1) is 0 Å². The van der Waals surface area contributed by atoms with Gasteiger partial charge in [0.1, 0.15) is 0 Å². The summed E-state index contributed by atoms with van der Waals surface area (Å²) in [6.07, 6.45) is 3.17. The second-order valence-corrected chi connectivity index (χ2v) is 6.77. The molecule has 0 spiro atoms. The monoisotopic (exact) mass is 389 g/mol. The first-order valence-electron chi connectivity index (χ1n) is 9.78. The van der Waals surface area contributed by atoms with Crippen molar-refractivity contribution in [2.45, 2.75) is 39.2 Å². The van der Waals surface area contributed by atoms with Crippen LogP contribution in [0.3, 0.4) is 0 Å². The molecule has 1 unspecified atom stereocenters. The lowest BCUT2D eigenvalue weighted by atomic mass is 10.2. The summed E-state index contributed by atoms with van der Waals surface area (Å²) in [6.45, 7) is 7.50. The van der Waals surface area contributed by atoms with E-state index in [0.717, 1.165) is 32.5 Å². The molecule has 0 radical (unpaired) electrons. The van der Waals surface area contributed by atoms with Gasteiger partial charge in [0, 0.05) is 24.3 Å². The minimum atomic E-state index is -0.445. The molecule has 8 nitrogen and oxygen atoms in total. The molecule has 9 heteroatoms. The highest BCUT2D eigenvalue weighted by atomic mass is 19.1. The molecule has 152 valence electrons. The van der Waals surface area contributed by atoms with Crippen LogP contribution >= 0.6 is 0 Å². The van der Waals surface area contributed by atoms with Crippen LogP contribution in [0.5, 0.6) is 5.75 Å². The Hall–Kier alpha value is -2.68. The number of nitrogens with zero attached hydrogens (tertiary/aromatic N) is 4. The molecule has 3 rings (SSSR count). The molecule has 1 aliphatic rings. The van der Waals surface area contributed by atoms with Crippen molar-refractivity contribution in [2.24, 2.45) is 0 Å². The summed E-state index contributed by atoms with van der Waals surface area (Å²) in [4.78, 5) is 15.0. The molecule has 1 atom stereocenters. The molecular formula is C19H28FN7O. The highest BCUT2D eigenvalue weighted by Crippen LogP contribution is 2.23. The maximum Gasteiger partial charge on any atom is 0.233 e. The predicted molar refractivity (Wildman–Crippen MR) is 108 cm³/mol. The van der Waals surface area contributed by atoms with E-state index in [9.17, 15) is 4.39 Å². The van der Waals surface area contributed by atoms with Crippen LogP contribution in [0.2, 0.25) is 0 Å². The molecule has 1 aliphatic heterocycles. The van der Waals surface area contributed by atoms with Crippen molar-refractivity contribution < 1.29 is 9.13 Å². The number of nitrogen functional groups attached to an aromatic ring is 1. The van der Waals surface area contributed by atoms with Crippen LogP contribution in [0, 0.1) is 5.82 Å². The zero-order valence-electron chi connectivity index (χ0n) is 16.4. The van der Waals surface area contributed by atoms with Crippen molar-refractivity contribution in [2.75, 3.05) is 42.6 Å². The van der Waals surface area contributed by atoms with E-state index in [-0.39, 0.29) is 17.6 Å². The first-order chi connectivity index (χ1) is 13.6. The van der Waals surface area contributed by atoms with Gasteiger partial charge in [0.25, 0.3) is 0 Å². The summed E-state index contributed by atoms with van der Waals surface area (Å²) in [7, 11) is 0. The van der Waals surface area contributed by atoms with Crippen LogP contribution in [0.15, 0.2) is 18.2 Å². The van der Waals surface area contributed by atoms with Gasteiger partial charge in [-0.2, -0.15) is 15.0 Å². The first kappa shape index (κ1) is 20.1. The maximum absolute atomic E-state index is 14.1. The summed E-state index contributed by atoms with van der Waals surface area (Å²) < 4.78 is 19.5. The zero-order valence-corrected chi connectivity index (χ0v) is 16.4. The number of anilines is 4. The van der Waals surface area contributed by atoms with Crippen molar-refractivity contribution in [3.05, 3.63) is 24.0 Å². The topological polar surface area (TPSA) is 101 Å². The highest BCUT2D eigenvalue weighted by Gasteiger charge is 2.22. The predicted octanol–water partition coefficient (Wildman–Crippen LogP) is 3.02. The van der Waals surface area contributed by atoms with Gasteiger partial charge >= 0.3 is 0 Å². The van der Waals surface area contributed by atoms with Gasteiger partial charge < -0.3 is 21.1 Å². The Labute approximate surface area is 164 Å². The Kier molecular flexibility index (Phi) is 6.80. The Morgan fingerprint density at radius 1 is 1.25 bits per heavy atom. The molecule has 1 fully saturated rings. The number of benzene rings is 1. The van der Waals surface area contributed by atoms with Gasteiger partial charge in [0.15, 0.2) is 11.6 Å². The quantitative estimate of drug-likeness (QED) is 0.602. The van der Waals surface area contributed by atoms with Gasteiger partial charge in [0.2, 0.25) is 17.8 Å². The lowest BCUT2D eigenvalue weighted by molar-refractivity contribution is 0.277. The van der Waals surface area contributed by atoms with Gasteiger partial charge in [-0.1, -0.05) is 13.8 Å². The Morgan fingerprint density at radius 3 is 2.82 bits per heavy atom.